The highest BCUT2D eigenvalue weighted by Crippen LogP contribution is 2.41. The van der Waals surface area contributed by atoms with Crippen LogP contribution in [0.3, 0.4) is 0 Å². The maximum atomic E-state index is 11.7. The summed E-state index contributed by atoms with van der Waals surface area (Å²) in [4.78, 5) is 23.4. The highest BCUT2D eigenvalue weighted by atomic mass is 16.6. The molecule has 0 aliphatic carbocycles. The maximum absolute atomic E-state index is 11.7. The van der Waals surface area contributed by atoms with Gasteiger partial charge in [-0.15, -0.1) is 0 Å². The molecule has 2 unspecified atom stereocenters. The normalized spacial score (nSPS) is 26.2. The molecule has 17 heavy (non-hydrogen) atoms. The van der Waals surface area contributed by atoms with Crippen molar-refractivity contribution in [2.24, 2.45) is 22.7 Å². The quantitative estimate of drug-likeness (QED) is 0.550. The van der Waals surface area contributed by atoms with Crippen molar-refractivity contribution in [2.75, 3.05) is 0 Å². The smallest absolute Gasteiger partial charge is 0.318 e. The molecule has 0 N–H and O–H groups in total. The van der Waals surface area contributed by atoms with Crippen molar-refractivity contribution in [3.63, 3.8) is 0 Å². The largest absolute Gasteiger partial charge is 0.393 e. The van der Waals surface area contributed by atoms with Gasteiger partial charge in [0, 0.05) is 0 Å². The predicted molar refractivity (Wildman–Crippen MR) is 66.2 cm³/mol. The Labute approximate surface area is 104 Å². The fourth-order valence-electron chi connectivity index (χ4n) is 2.37. The summed E-state index contributed by atoms with van der Waals surface area (Å²) in [5.41, 5.74) is -0.0415. The van der Waals surface area contributed by atoms with E-state index in [1.807, 2.05) is 20.8 Å². The van der Waals surface area contributed by atoms with Crippen LogP contribution in [0.1, 0.15) is 54.4 Å². The van der Waals surface area contributed by atoms with E-state index >= 15 is 0 Å². The average Bonchev–Trinajstić information content (AvgIpc) is 2.34. The van der Waals surface area contributed by atoms with Crippen molar-refractivity contribution in [2.45, 2.75) is 54.4 Å². The number of cyclic esters (lactones) is 2. The van der Waals surface area contributed by atoms with E-state index in [2.05, 4.69) is 20.8 Å². The first-order valence-corrected chi connectivity index (χ1v) is 6.28. The van der Waals surface area contributed by atoms with Crippen molar-refractivity contribution in [1.29, 1.82) is 0 Å². The third kappa shape index (κ3) is 3.55. The molecule has 0 aromatic heterocycles. The summed E-state index contributed by atoms with van der Waals surface area (Å²) in [6, 6.07) is 0. The molecule has 0 aromatic carbocycles. The van der Waals surface area contributed by atoms with Crippen LogP contribution in [0.15, 0.2) is 0 Å². The molecular formula is C14H24O3. The number of rotatable bonds is 2. The van der Waals surface area contributed by atoms with Gasteiger partial charge < -0.3 is 4.74 Å². The van der Waals surface area contributed by atoms with Gasteiger partial charge in [-0.05, 0) is 23.7 Å². The second kappa shape index (κ2) is 4.43. The lowest BCUT2D eigenvalue weighted by molar-refractivity contribution is -0.154. The molecule has 0 saturated carbocycles. The number of carbonyl (C=O) groups excluding carboxylic acids is 2. The molecule has 1 aliphatic heterocycles. The van der Waals surface area contributed by atoms with Crippen molar-refractivity contribution < 1.29 is 14.3 Å². The fourth-order valence-corrected chi connectivity index (χ4v) is 2.37. The Morgan fingerprint density at radius 2 is 1.53 bits per heavy atom. The van der Waals surface area contributed by atoms with Crippen molar-refractivity contribution in [3.8, 4) is 0 Å². The molecule has 0 aromatic rings. The molecular weight excluding hydrogens is 216 g/mol. The van der Waals surface area contributed by atoms with Gasteiger partial charge in [-0.3, -0.25) is 9.59 Å². The van der Waals surface area contributed by atoms with E-state index in [4.69, 9.17) is 4.74 Å². The molecule has 3 nitrogen and oxygen atoms in total. The van der Waals surface area contributed by atoms with Crippen LogP contribution < -0.4 is 0 Å². The number of hydrogen-bond donors (Lipinski definition) is 0. The fraction of sp³-hybridized carbons (Fsp3) is 0.857. The van der Waals surface area contributed by atoms with Crippen LogP contribution in [0, 0.1) is 22.7 Å². The van der Waals surface area contributed by atoms with E-state index in [0.29, 0.717) is 0 Å². The third-order valence-electron chi connectivity index (χ3n) is 3.30. The monoisotopic (exact) mass is 240 g/mol. The molecule has 1 saturated heterocycles. The molecule has 3 heteroatoms. The van der Waals surface area contributed by atoms with Gasteiger partial charge in [-0.1, -0.05) is 41.5 Å². The summed E-state index contributed by atoms with van der Waals surface area (Å²) in [5, 5.41) is 0. The lowest BCUT2D eigenvalue weighted by atomic mass is 9.71. The van der Waals surface area contributed by atoms with E-state index < -0.39 is 0 Å². The first-order valence-electron chi connectivity index (χ1n) is 6.28. The zero-order chi connectivity index (χ0) is 13.4. The van der Waals surface area contributed by atoms with Gasteiger partial charge in [0.2, 0.25) is 0 Å². The van der Waals surface area contributed by atoms with Gasteiger partial charge in [0.15, 0.2) is 0 Å². The van der Waals surface area contributed by atoms with Crippen LogP contribution in [-0.2, 0) is 14.3 Å². The topological polar surface area (TPSA) is 43.4 Å². The molecule has 1 rings (SSSR count). The Bertz CT molecular complexity index is 317. The highest BCUT2D eigenvalue weighted by Gasteiger charge is 2.49. The Kier molecular flexibility index (Phi) is 3.70. The second-order valence-corrected chi connectivity index (χ2v) is 7.29. The van der Waals surface area contributed by atoms with Crippen LogP contribution in [0.4, 0.5) is 0 Å². The van der Waals surface area contributed by atoms with Crippen molar-refractivity contribution in [1.82, 2.24) is 0 Å². The van der Waals surface area contributed by atoms with E-state index in [-0.39, 0.29) is 34.6 Å². The molecule has 0 spiro atoms. The Balaban J connectivity index is 2.80. The van der Waals surface area contributed by atoms with E-state index in [0.717, 1.165) is 12.8 Å². The van der Waals surface area contributed by atoms with Gasteiger partial charge in [-0.25, -0.2) is 0 Å². The Hall–Kier alpha value is -0.860. The summed E-state index contributed by atoms with van der Waals surface area (Å²) < 4.78 is 4.80. The summed E-state index contributed by atoms with van der Waals surface area (Å²) in [7, 11) is 0. The number of esters is 2. The summed E-state index contributed by atoms with van der Waals surface area (Å²) in [5.74, 6) is -1.24. The van der Waals surface area contributed by atoms with Crippen LogP contribution in [0.25, 0.3) is 0 Å². The zero-order valence-electron chi connectivity index (χ0n) is 11.8. The lowest BCUT2D eigenvalue weighted by Crippen LogP contribution is -2.31. The van der Waals surface area contributed by atoms with Gasteiger partial charge in [0.05, 0.1) is 11.8 Å². The minimum Gasteiger partial charge on any atom is -0.393 e. The summed E-state index contributed by atoms with van der Waals surface area (Å²) >= 11 is 0. The van der Waals surface area contributed by atoms with Crippen LogP contribution in [-0.4, -0.2) is 11.9 Å². The molecule has 0 amide bonds. The van der Waals surface area contributed by atoms with Gasteiger partial charge in [0.25, 0.3) is 0 Å². The van der Waals surface area contributed by atoms with Crippen molar-refractivity contribution in [3.05, 3.63) is 0 Å². The van der Waals surface area contributed by atoms with Crippen LogP contribution in [0.2, 0.25) is 0 Å². The molecule has 0 bridgehead atoms. The zero-order valence-corrected chi connectivity index (χ0v) is 11.8. The van der Waals surface area contributed by atoms with Gasteiger partial charge >= 0.3 is 11.9 Å². The van der Waals surface area contributed by atoms with Gasteiger partial charge in [0.1, 0.15) is 0 Å². The van der Waals surface area contributed by atoms with E-state index in [9.17, 15) is 9.59 Å². The predicted octanol–water partition coefficient (Wildman–Crippen LogP) is 3.17. The summed E-state index contributed by atoms with van der Waals surface area (Å²) in [6.07, 6.45) is 1.66. The minimum atomic E-state index is -0.346. The SMILES string of the molecule is CC(C)(C)CCC1C(=O)OC(=O)C1C(C)(C)C. The maximum Gasteiger partial charge on any atom is 0.318 e. The number of carbonyl (C=O) groups is 2. The van der Waals surface area contributed by atoms with E-state index in [1.165, 1.54) is 0 Å². The molecule has 1 aliphatic rings. The van der Waals surface area contributed by atoms with Crippen LogP contribution in [0.5, 0.6) is 0 Å². The lowest BCUT2D eigenvalue weighted by Gasteiger charge is -2.28. The van der Waals surface area contributed by atoms with E-state index in [1.54, 1.807) is 0 Å². The third-order valence-corrected chi connectivity index (χ3v) is 3.30. The standard InChI is InChI=1S/C14H24O3/c1-13(2,3)8-7-9-10(14(4,5)6)12(16)17-11(9)15/h9-10H,7-8H2,1-6H3. The highest BCUT2D eigenvalue weighted by molar-refractivity contribution is 5.96. The Morgan fingerprint density at radius 1 is 1.00 bits per heavy atom. The molecule has 98 valence electrons. The molecule has 1 heterocycles. The van der Waals surface area contributed by atoms with Crippen molar-refractivity contribution >= 4 is 11.9 Å². The molecule has 0 radical (unpaired) electrons. The first-order chi connectivity index (χ1) is 7.52. The number of hydrogen-bond acceptors (Lipinski definition) is 3. The Morgan fingerprint density at radius 3 is 1.94 bits per heavy atom. The minimum absolute atomic E-state index is 0.175. The van der Waals surface area contributed by atoms with Gasteiger partial charge in [-0.2, -0.15) is 0 Å². The van der Waals surface area contributed by atoms with Crippen LogP contribution >= 0.6 is 0 Å². The summed E-state index contributed by atoms with van der Waals surface area (Å²) in [6.45, 7) is 12.4. The first kappa shape index (κ1) is 14.2. The molecule has 2 atom stereocenters. The second-order valence-electron chi connectivity index (χ2n) is 7.29. The molecule has 1 fully saturated rings. The average molecular weight is 240 g/mol. The number of ether oxygens (including phenoxy) is 1.